The molecule has 0 fully saturated rings. The molecule has 0 unspecified atom stereocenters. The molecule has 0 aliphatic heterocycles. The van der Waals surface area contributed by atoms with E-state index in [1.807, 2.05) is 0 Å². The Morgan fingerprint density at radius 2 is 2.14 bits per heavy atom. The molecule has 0 radical (unpaired) electrons. The summed E-state index contributed by atoms with van der Waals surface area (Å²) in [7, 11) is 0. The van der Waals surface area contributed by atoms with E-state index in [9.17, 15) is 5.11 Å². The first-order valence-electron chi connectivity index (χ1n) is 4.60. The molecule has 1 rings (SSSR count). The number of hydrogen-bond acceptors (Lipinski definition) is 3. The normalized spacial score (nSPS) is 12.8. The van der Waals surface area contributed by atoms with Crippen molar-refractivity contribution < 1.29 is 5.11 Å². The van der Waals surface area contributed by atoms with Crippen LogP contribution >= 0.6 is 15.9 Å². The Hall–Kier alpha value is -0.740. The number of benzene rings is 1. The van der Waals surface area contributed by atoms with Gasteiger partial charge in [0.15, 0.2) is 0 Å². The zero-order valence-corrected chi connectivity index (χ0v) is 9.71. The molecule has 1 aromatic carbocycles. The van der Waals surface area contributed by atoms with E-state index in [-0.39, 0.29) is 11.8 Å². The van der Waals surface area contributed by atoms with E-state index in [1.54, 1.807) is 12.1 Å². The number of nitrogens with two attached hydrogens (primary N) is 2. The van der Waals surface area contributed by atoms with E-state index in [2.05, 4.69) is 22.9 Å². The van der Waals surface area contributed by atoms with Crippen LogP contribution in [-0.4, -0.2) is 5.11 Å². The maximum absolute atomic E-state index is 9.74. The molecule has 0 aliphatic rings. The summed E-state index contributed by atoms with van der Waals surface area (Å²) in [5, 5.41) is 9.74. The van der Waals surface area contributed by atoms with Crippen molar-refractivity contribution in [3.8, 4) is 5.75 Å². The van der Waals surface area contributed by atoms with Crippen molar-refractivity contribution in [2.24, 2.45) is 5.73 Å². The molecule has 4 heteroatoms. The van der Waals surface area contributed by atoms with Gasteiger partial charge in [0.25, 0.3) is 0 Å². The SMILES string of the molecule is CCC[C@@H](N)c1c(Br)ccc(N)c1O. The van der Waals surface area contributed by atoms with Gasteiger partial charge in [-0.3, -0.25) is 0 Å². The van der Waals surface area contributed by atoms with Crippen molar-refractivity contribution in [3.63, 3.8) is 0 Å². The van der Waals surface area contributed by atoms with Gasteiger partial charge in [0.05, 0.1) is 5.69 Å². The second kappa shape index (κ2) is 4.66. The second-order valence-corrected chi connectivity index (χ2v) is 4.15. The van der Waals surface area contributed by atoms with Crippen LogP contribution in [0.2, 0.25) is 0 Å². The molecule has 0 amide bonds. The Balaban J connectivity index is 3.11. The van der Waals surface area contributed by atoms with Gasteiger partial charge < -0.3 is 16.6 Å². The molecule has 0 saturated heterocycles. The lowest BCUT2D eigenvalue weighted by Crippen LogP contribution is -2.11. The van der Waals surface area contributed by atoms with Crippen LogP contribution < -0.4 is 11.5 Å². The summed E-state index contributed by atoms with van der Waals surface area (Å²) in [6.45, 7) is 2.05. The predicted octanol–water partition coefficient (Wildman–Crippen LogP) is 2.54. The summed E-state index contributed by atoms with van der Waals surface area (Å²) in [5.41, 5.74) is 12.6. The topological polar surface area (TPSA) is 72.3 Å². The lowest BCUT2D eigenvalue weighted by molar-refractivity contribution is 0.460. The molecule has 0 aliphatic carbocycles. The average molecular weight is 259 g/mol. The molecule has 78 valence electrons. The smallest absolute Gasteiger partial charge is 0.144 e. The molecule has 0 aromatic heterocycles. The Morgan fingerprint density at radius 3 is 2.71 bits per heavy atom. The van der Waals surface area contributed by atoms with Gasteiger partial charge >= 0.3 is 0 Å². The van der Waals surface area contributed by atoms with Crippen LogP contribution in [0.15, 0.2) is 16.6 Å². The van der Waals surface area contributed by atoms with Gasteiger partial charge in [-0.1, -0.05) is 29.3 Å². The second-order valence-electron chi connectivity index (χ2n) is 3.29. The van der Waals surface area contributed by atoms with Crippen molar-refractivity contribution in [1.82, 2.24) is 0 Å². The van der Waals surface area contributed by atoms with Gasteiger partial charge in [-0.15, -0.1) is 0 Å². The molecule has 3 nitrogen and oxygen atoms in total. The van der Waals surface area contributed by atoms with E-state index < -0.39 is 0 Å². The fourth-order valence-corrected chi connectivity index (χ4v) is 2.02. The molecule has 0 bridgehead atoms. The largest absolute Gasteiger partial charge is 0.505 e. The third-order valence-electron chi connectivity index (χ3n) is 2.17. The van der Waals surface area contributed by atoms with Crippen LogP contribution in [-0.2, 0) is 0 Å². The Labute approximate surface area is 92.2 Å². The minimum absolute atomic E-state index is 0.0975. The van der Waals surface area contributed by atoms with Crippen molar-refractivity contribution in [1.29, 1.82) is 0 Å². The summed E-state index contributed by atoms with van der Waals surface area (Å²) in [5.74, 6) is 0.0975. The number of hydrogen-bond donors (Lipinski definition) is 3. The van der Waals surface area contributed by atoms with Gasteiger partial charge in [-0.05, 0) is 18.6 Å². The lowest BCUT2D eigenvalue weighted by Gasteiger charge is -2.15. The average Bonchev–Trinajstić information content (AvgIpc) is 2.13. The van der Waals surface area contributed by atoms with Gasteiger partial charge in [0, 0.05) is 16.1 Å². The van der Waals surface area contributed by atoms with Crippen LogP contribution in [0.4, 0.5) is 5.69 Å². The van der Waals surface area contributed by atoms with Crippen LogP contribution in [0, 0.1) is 0 Å². The van der Waals surface area contributed by atoms with Gasteiger partial charge in [-0.2, -0.15) is 0 Å². The van der Waals surface area contributed by atoms with E-state index in [1.165, 1.54) is 0 Å². The number of phenolic OH excluding ortho intramolecular Hbond substituents is 1. The third kappa shape index (κ3) is 2.19. The van der Waals surface area contributed by atoms with Crippen LogP contribution in [0.5, 0.6) is 5.75 Å². The highest BCUT2D eigenvalue weighted by Crippen LogP contribution is 2.36. The number of halogens is 1. The maximum atomic E-state index is 9.74. The summed E-state index contributed by atoms with van der Waals surface area (Å²) in [6, 6.07) is 3.29. The fraction of sp³-hybridized carbons (Fsp3) is 0.400. The van der Waals surface area contributed by atoms with E-state index in [0.29, 0.717) is 11.3 Å². The summed E-state index contributed by atoms with van der Waals surface area (Å²) in [4.78, 5) is 0. The first-order chi connectivity index (χ1) is 6.57. The molecule has 0 spiro atoms. The summed E-state index contributed by atoms with van der Waals surface area (Å²) >= 11 is 3.36. The van der Waals surface area contributed by atoms with E-state index in [0.717, 1.165) is 17.3 Å². The number of phenols is 1. The third-order valence-corrected chi connectivity index (χ3v) is 2.86. The van der Waals surface area contributed by atoms with Crippen molar-refractivity contribution in [3.05, 3.63) is 22.2 Å². The molecular weight excluding hydrogens is 244 g/mol. The number of rotatable bonds is 3. The molecule has 1 atom stereocenters. The minimum Gasteiger partial charge on any atom is -0.505 e. The molecule has 1 aromatic rings. The first kappa shape index (κ1) is 11.3. The Kier molecular flexibility index (Phi) is 3.77. The zero-order chi connectivity index (χ0) is 10.7. The zero-order valence-electron chi connectivity index (χ0n) is 8.13. The van der Waals surface area contributed by atoms with Crippen LogP contribution in [0.25, 0.3) is 0 Å². The summed E-state index contributed by atoms with van der Waals surface area (Å²) in [6.07, 6.45) is 1.80. The monoisotopic (exact) mass is 258 g/mol. The highest BCUT2D eigenvalue weighted by atomic mass is 79.9. The molecule has 5 N–H and O–H groups in total. The Bertz CT molecular complexity index is 328. The van der Waals surface area contributed by atoms with Gasteiger partial charge in [-0.25, -0.2) is 0 Å². The lowest BCUT2D eigenvalue weighted by atomic mass is 10.0. The van der Waals surface area contributed by atoms with Gasteiger partial charge in [0.1, 0.15) is 5.75 Å². The number of anilines is 1. The molecule has 0 heterocycles. The van der Waals surface area contributed by atoms with E-state index >= 15 is 0 Å². The van der Waals surface area contributed by atoms with Crippen molar-refractivity contribution in [2.75, 3.05) is 5.73 Å². The highest BCUT2D eigenvalue weighted by molar-refractivity contribution is 9.10. The molecular formula is C10H15BrN2O. The standard InChI is InChI=1S/C10H15BrN2O/c1-2-3-7(12)9-6(11)4-5-8(13)10(9)14/h4-5,7,14H,2-3,12-13H2,1H3/t7-/m1/s1. The van der Waals surface area contributed by atoms with E-state index in [4.69, 9.17) is 11.5 Å². The fourth-order valence-electron chi connectivity index (χ4n) is 1.41. The molecule has 0 saturated carbocycles. The summed E-state index contributed by atoms with van der Waals surface area (Å²) < 4.78 is 0.810. The maximum Gasteiger partial charge on any atom is 0.144 e. The van der Waals surface area contributed by atoms with Crippen LogP contribution in [0.3, 0.4) is 0 Å². The Morgan fingerprint density at radius 1 is 1.50 bits per heavy atom. The number of aromatic hydroxyl groups is 1. The quantitative estimate of drug-likeness (QED) is 0.577. The van der Waals surface area contributed by atoms with Crippen LogP contribution in [0.1, 0.15) is 31.4 Å². The molecule has 14 heavy (non-hydrogen) atoms. The minimum atomic E-state index is -0.169. The highest BCUT2D eigenvalue weighted by Gasteiger charge is 2.15. The van der Waals surface area contributed by atoms with Crippen molar-refractivity contribution in [2.45, 2.75) is 25.8 Å². The van der Waals surface area contributed by atoms with Gasteiger partial charge in [0.2, 0.25) is 0 Å². The van der Waals surface area contributed by atoms with Crippen molar-refractivity contribution >= 4 is 21.6 Å². The predicted molar refractivity (Wildman–Crippen MR) is 62.1 cm³/mol. The first-order valence-corrected chi connectivity index (χ1v) is 5.39. The number of nitrogen functional groups attached to an aromatic ring is 1.